The molecule has 0 spiro atoms. The summed E-state index contributed by atoms with van der Waals surface area (Å²) in [6.07, 6.45) is 0.563. The molecule has 1 rings (SSSR count). The van der Waals surface area contributed by atoms with Crippen LogP contribution in [0.25, 0.3) is 0 Å². The molecule has 0 fully saturated rings. The van der Waals surface area contributed by atoms with Gasteiger partial charge in [-0.25, -0.2) is 0 Å². The molecule has 5 nitrogen and oxygen atoms in total. The van der Waals surface area contributed by atoms with Crippen LogP contribution >= 0.6 is 0 Å². The number of benzene rings is 1. The van der Waals surface area contributed by atoms with E-state index in [1.165, 1.54) is 0 Å². The highest BCUT2D eigenvalue weighted by molar-refractivity contribution is 5.75. The number of rotatable bonds is 5. The third-order valence-corrected chi connectivity index (χ3v) is 1.44. The summed E-state index contributed by atoms with van der Waals surface area (Å²) in [6, 6.07) is 6.66. The minimum absolute atomic E-state index is 0.176. The Bertz CT molecular complexity index is 339. The van der Waals surface area contributed by atoms with Crippen LogP contribution in [0.4, 0.5) is 5.69 Å². The normalized spacial score (nSPS) is 9.14. The maximum Gasteiger partial charge on any atom is 0.255 e. The lowest BCUT2D eigenvalue weighted by Gasteiger charge is -2.04. The molecular weight excluding hydrogens is 184 g/mol. The summed E-state index contributed by atoms with van der Waals surface area (Å²) < 4.78 is 5.02. The van der Waals surface area contributed by atoms with Gasteiger partial charge in [0.1, 0.15) is 5.75 Å². The molecule has 0 heterocycles. The molecule has 0 atom stereocenters. The van der Waals surface area contributed by atoms with Gasteiger partial charge in [-0.1, -0.05) is 6.07 Å². The zero-order valence-corrected chi connectivity index (χ0v) is 7.40. The van der Waals surface area contributed by atoms with Crippen molar-refractivity contribution in [2.75, 3.05) is 11.9 Å². The Kier molecular flexibility index (Phi) is 3.49. The molecule has 0 bridgehead atoms. The van der Waals surface area contributed by atoms with Gasteiger partial charge in [0.2, 0.25) is 6.41 Å². The van der Waals surface area contributed by atoms with Gasteiger partial charge in [-0.05, 0) is 12.1 Å². The van der Waals surface area contributed by atoms with Crippen molar-refractivity contribution in [2.24, 2.45) is 5.73 Å². The second kappa shape index (κ2) is 4.86. The van der Waals surface area contributed by atoms with Gasteiger partial charge in [-0.15, -0.1) is 0 Å². The number of carbonyl (C=O) groups excluding carboxylic acids is 2. The first kappa shape index (κ1) is 10.0. The average molecular weight is 194 g/mol. The van der Waals surface area contributed by atoms with Crippen LogP contribution in [-0.4, -0.2) is 18.9 Å². The van der Waals surface area contributed by atoms with E-state index >= 15 is 0 Å². The first-order chi connectivity index (χ1) is 6.72. The number of nitrogens with one attached hydrogen (secondary N) is 1. The van der Waals surface area contributed by atoms with Crippen molar-refractivity contribution in [2.45, 2.75) is 0 Å². The Balaban J connectivity index is 2.63. The molecule has 5 heteroatoms. The number of amides is 2. The van der Waals surface area contributed by atoms with Crippen molar-refractivity contribution in [1.82, 2.24) is 0 Å². The van der Waals surface area contributed by atoms with Crippen molar-refractivity contribution in [3.63, 3.8) is 0 Å². The van der Waals surface area contributed by atoms with Gasteiger partial charge in [0, 0.05) is 11.8 Å². The summed E-state index contributed by atoms with van der Waals surface area (Å²) in [4.78, 5) is 20.5. The number of carbonyl (C=O) groups is 2. The van der Waals surface area contributed by atoms with E-state index in [4.69, 9.17) is 10.5 Å². The molecule has 0 unspecified atom stereocenters. The summed E-state index contributed by atoms with van der Waals surface area (Å²) in [7, 11) is 0. The van der Waals surface area contributed by atoms with Crippen LogP contribution < -0.4 is 15.8 Å². The molecule has 3 N–H and O–H groups in total. The van der Waals surface area contributed by atoms with Crippen LogP contribution in [0.15, 0.2) is 24.3 Å². The van der Waals surface area contributed by atoms with Crippen molar-refractivity contribution >= 4 is 18.0 Å². The van der Waals surface area contributed by atoms with Gasteiger partial charge in [-0.2, -0.15) is 0 Å². The van der Waals surface area contributed by atoms with Crippen LogP contribution in [0.1, 0.15) is 0 Å². The van der Waals surface area contributed by atoms with E-state index in [1.54, 1.807) is 24.3 Å². The Morgan fingerprint density at radius 1 is 1.57 bits per heavy atom. The molecule has 1 aromatic rings. The second-order valence-electron chi connectivity index (χ2n) is 2.55. The number of anilines is 1. The van der Waals surface area contributed by atoms with Crippen LogP contribution in [0.2, 0.25) is 0 Å². The van der Waals surface area contributed by atoms with Gasteiger partial charge in [-0.3, -0.25) is 9.59 Å². The van der Waals surface area contributed by atoms with E-state index in [2.05, 4.69) is 5.32 Å². The SMILES string of the molecule is NC(=O)COc1cccc(NC=O)c1. The Labute approximate surface area is 80.9 Å². The summed E-state index contributed by atoms with van der Waals surface area (Å²) in [5, 5.41) is 2.46. The van der Waals surface area contributed by atoms with E-state index in [-0.39, 0.29) is 6.61 Å². The third kappa shape index (κ3) is 3.14. The zero-order valence-electron chi connectivity index (χ0n) is 7.40. The molecule has 0 radical (unpaired) electrons. The second-order valence-corrected chi connectivity index (χ2v) is 2.55. The summed E-state index contributed by atoms with van der Waals surface area (Å²) in [5.41, 5.74) is 5.50. The Morgan fingerprint density at radius 2 is 2.36 bits per heavy atom. The molecule has 14 heavy (non-hydrogen) atoms. The maximum atomic E-state index is 10.4. The molecule has 0 saturated carbocycles. The number of ether oxygens (including phenoxy) is 1. The maximum absolute atomic E-state index is 10.4. The molecule has 0 aliphatic carbocycles. The molecule has 0 saturated heterocycles. The Morgan fingerprint density at radius 3 is 3.00 bits per heavy atom. The number of nitrogens with two attached hydrogens (primary N) is 1. The predicted octanol–water partition coefficient (Wildman–Crippen LogP) is 0.119. The zero-order chi connectivity index (χ0) is 10.4. The van der Waals surface area contributed by atoms with E-state index < -0.39 is 5.91 Å². The average Bonchev–Trinajstić information content (AvgIpc) is 2.16. The Hall–Kier alpha value is -2.04. The molecule has 0 aliphatic rings. The van der Waals surface area contributed by atoms with Crippen LogP contribution in [-0.2, 0) is 9.59 Å². The quantitative estimate of drug-likeness (QED) is 0.653. The van der Waals surface area contributed by atoms with Crippen molar-refractivity contribution in [3.05, 3.63) is 24.3 Å². The fraction of sp³-hybridized carbons (Fsp3) is 0.111. The van der Waals surface area contributed by atoms with E-state index in [0.717, 1.165) is 0 Å². The molecule has 2 amide bonds. The van der Waals surface area contributed by atoms with Crippen LogP contribution in [0, 0.1) is 0 Å². The van der Waals surface area contributed by atoms with Crippen LogP contribution in [0.5, 0.6) is 5.75 Å². The molecule has 74 valence electrons. The van der Waals surface area contributed by atoms with E-state index in [9.17, 15) is 9.59 Å². The lowest BCUT2D eigenvalue weighted by atomic mass is 10.3. The molecule has 0 aliphatic heterocycles. The number of hydrogen-bond acceptors (Lipinski definition) is 3. The highest BCUT2D eigenvalue weighted by Gasteiger charge is 1.98. The fourth-order valence-corrected chi connectivity index (χ4v) is 0.898. The third-order valence-electron chi connectivity index (χ3n) is 1.44. The van der Waals surface area contributed by atoms with Crippen molar-refractivity contribution in [1.29, 1.82) is 0 Å². The monoisotopic (exact) mass is 194 g/mol. The molecular formula is C9H10N2O3. The van der Waals surface area contributed by atoms with Gasteiger partial charge in [0.15, 0.2) is 6.61 Å². The molecule has 1 aromatic carbocycles. The van der Waals surface area contributed by atoms with E-state index in [0.29, 0.717) is 17.8 Å². The minimum Gasteiger partial charge on any atom is -0.484 e. The van der Waals surface area contributed by atoms with Gasteiger partial charge >= 0.3 is 0 Å². The van der Waals surface area contributed by atoms with Crippen molar-refractivity contribution in [3.8, 4) is 5.75 Å². The summed E-state index contributed by atoms with van der Waals surface area (Å²) in [6.45, 7) is -0.176. The lowest BCUT2D eigenvalue weighted by Crippen LogP contribution is -2.20. The van der Waals surface area contributed by atoms with E-state index in [1.807, 2.05) is 0 Å². The summed E-state index contributed by atoms with van der Waals surface area (Å²) >= 11 is 0. The standard InChI is InChI=1S/C9H10N2O3/c10-9(13)5-14-8-3-1-2-7(4-8)11-6-12/h1-4,6H,5H2,(H2,10,13)(H,11,12). The summed E-state index contributed by atoms with van der Waals surface area (Å²) in [5.74, 6) is -0.0607. The first-order valence-corrected chi connectivity index (χ1v) is 3.93. The highest BCUT2D eigenvalue weighted by Crippen LogP contribution is 2.16. The van der Waals surface area contributed by atoms with Crippen LogP contribution in [0.3, 0.4) is 0 Å². The highest BCUT2D eigenvalue weighted by atomic mass is 16.5. The first-order valence-electron chi connectivity index (χ1n) is 3.93. The minimum atomic E-state index is -0.543. The number of primary amides is 1. The fourth-order valence-electron chi connectivity index (χ4n) is 0.898. The molecule has 0 aromatic heterocycles. The predicted molar refractivity (Wildman–Crippen MR) is 50.8 cm³/mol. The van der Waals surface area contributed by atoms with Gasteiger partial charge < -0.3 is 15.8 Å². The largest absolute Gasteiger partial charge is 0.484 e. The number of hydrogen-bond donors (Lipinski definition) is 2. The van der Waals surface area contributed by atoms with Gasteiger partial charge in [0.05, 0.1) is 0 Å². The van der Waals surface area contributed by atoms with Gasteiger partial charge in [0.25, 0.3) is 5.91 Å². The lowest BCUT2D eigenvalue weighted by molar-refractivity contribution is -0.120. The topological polar surface area (TPSA) is 81.4 Å². The van der Waals surface area contributed by atoms with Crippen molar-refractivity contribution < 1.29 is 14.3 Å². The smallest absolute Gasteiger partial charge is 0.255 e.